The number of carbonyl (C=O) groups is 1. The number of ether oxygens (including phenoxy) is 1. The summed E-state index contributed by atoms with van der Waals surface area (Å²) < 4.78 is 5.71. The van der Waals surface area contributed by atoms with Gasteiger partial charge < -0.3 is 4.74 Å². The summed E-state index contributed by atoms with van der Waals surface area (Å²) in [6, 6.07) is 11.5. The number of halogens is 1. The van der Waals surface area contributed by atoms with Crippen molar-refractivity contribution < 1.29 is 9.53 Å². The van der Waals surface area contributed by atoms with Crippen molar-refractivity contribution in [3.63, 3.8) is 0 Å². The molecule has 2 rings (SSSR count). The maximum absolute atomic E-state index is 12.6. The van der Waals surface area contributed by atoms with Gasteiger partial charge >= 0.3 is 18.9 Å². The average molecular weight is 357 g/mol. The van der Waals surface area contributed by atoms with Crippen LogP contribution in [0.25, 0.3) is 0 Å². The monoisotopic (exact) mass is 356 g/mol. The molecule has 0 bridgehead atoms. The summed E-state index contributed by atoms with van der Waals surface area (Å²) in [6.07, 6.45) is 2.16. The summed E-state index contributed by atoms with van der Waals surface area (Å²) in [6.45, 7) is 6.80. The zero-order valence-corrected chi connectivity index (χ0v) is 15.5. The average Bonchev–Trinajstić information content (AvgIpc) is 2.50. The molecule has 0 aliphatic heterocycles. The van der Waals surface area contributed by atoms with E-state index in [4.69, 9.17) is 16.3 Å². The van der Waals surface area contributed by atoms with Crippen LogP contribution >= 0.6 is 20.2 Å². The molecule has 1 atom stereocenters. The SMILES string of the molecule is CCCCOc1ccc(PC(=O)c2c(C)cccc2Cl)c(C)c1.[LiH]. The van der Waals surface area contributed by atoms with Gasteiger partial charge in [0.1, 0.15) is 5.75 Å². The van der Waals surface area contributed by atoms with Gasteiger partial charge in [-0.25, -0.2) is 0 Å². The summed E-state index contributed by atoms with van der Waals surface area (Å²) >= 11 is 6.19. The van der Waals surface area contributed by atoms with Crippen molar-refractivity contribution in [1.29, 1.82) is 0 Å². The second-order valence-corrected chi connectivity index (χ2v) is 7.21. The van der Waals surface area contributed by atoms with Crippen molar-refractivity contribution in [2.24, 2.45) is 0 Å². The van der Waals surface area contributed by atoms with E-state index in [1.807, 2.05) is 44.2 Å². The number of aryl methyl sites for hydroxylation is 2. The number of unbranched alkanes of at least 4 members (excludes halogenated alkanes) is 1. The Kier molecular flexibility index (Phi) is 9.10. The Labute approximate surface area is 163 Å². The molecule has 0 amide bonds. The Morgan fingerprint density at radius 1 is 1.17 bits per heavy atom. The first kappa shape index (κ1) is 21.3. The predicted molar refractivity (Wildman–Crippen MR) is 107 cm³/mol. The summed E-state index contributed by atoms with van der Waals surface area (Å²) in [5.74, 6) is 0.867. The van der Waals surface area contributed by atoms with E-state index in [9.17, 15) is 4.79 Å². The third-order valence-corrected chi connectivity index (χ3v) is 5.28. The van der Waals surface area contributed by atoms with Crippen LogP contribution in [0.4, 0.5) is 0 Å². The summed E-state index contributed by atoms with van der Waals surface area (Å²) in [5.41, 5.74) is 2.72. The topological polar surface area (TPSA) is 26.3 Å². The fourth-order valence-electron chi connectivity index (χ4n) is 2.30. The first-order valence-corrected chi connectivity index (χ1v) is 9.20. The standard InChI is InChI=1S/C19H22ClO2P.Li.H/c1-4-5-11-22-15-9-10-17(14(3)12-15)23-19(21)18-13(2)7-6-8-16(18)20;;/h6-10,12,23H,4-5,11H2,1-3H3;;. The molecule has 0 spiro atoms. The van der Waals surface area contributed by atoms with E-state index in [-0.39, 0.29) is 33.0 Å². The van der Waals surface area contributed by atoms with Gasteiger partial charge in [0, 0.05) is 5.56 Å². The molecule has 124 valence electrons. The molecule has 0 saturated carbocycles. The molecule has 0 saturated heterocycles. The van der Waals surface area contributed by atoms with Gasteiger partial charge in [0.2, 0.25) is 0 Å². The minimum atomic E-state index is 0. The van der Waals surface area contributed by atoms with Crippen molar-refractivity contribution in [1.82, 2.24) is 0 Å². The van der Waals surface area contributed by atoms with E-state index in [1.54, 1.807) is 6.07 Å². The molecule has 0 fully saturated rings. The predicted octanol–water partition coefficient (Wildman–Crippen LogP) is 4.63. The third-order valence-electron chi connectivity index (χ3n) is 3.66. The molecule has 0 aliphatic carbocycles. The third kappa shape index (κ3) is 5.64. The van der Waals surface area contributed by atoms with Gasteiger partial charge in [0.25, 0.3) is 0 Å². The van der Waals surface area contributed by atoms with E-state index in [2.05, 4.69) is 6.92 Å². The summed E-state index contributed by atoms with van der Waals surface area (Å²) in [4.78, 5) is 12.6. The van der Waals surface area contributed by atoms with Crippen molar-refractivity contribution in [2.45, 2.75) is 33.6 Å². The van der Waals surface area contributed by atoms with Crippen molar-refractivity contribution in [2.75, 3.05) is 6.61 Å². The van der Waals surface area contributed by atoms with Gasteiger partial charge in [-0.3, -0.25) is 4.79 Å². The summed E-state index contributed by atoms with van der Waals surface area (Å²) in [5, 5.41) is 1.57. The van der Waals surface area contributed by atoms with Gasteiger partial charge in [0.05, 0.1) is 11.6 Å². The number of hydrogen-bond acceptors (Lipinski definition) is 2. The zero-order valence-electron chi connectivity index (χ0n) is 13.8. The molecule has 0 aromatic heterocycles. The molecule has 24 heavy (non-hydrogen) atoms. The molecular formula is C19H23ClLiO2P. The van der Waals surface area contributed by atoms with Gasteiger partial charge in [-0.1, -0.05) is 43.1 Å². The molecule has 0 heterocycles. The number of rotatable bonds is 7. The van der Waals surface area contributed by atoms with Crippen LogP contribution in [0.2, 0.25) is 5.02 Å². The van der Waals surface area contributed by atoms with Crippen LogP contribution in [0.15, 0.2) is 36.4 Å². The fraction of sp³-hybridized carbons (Fsp3) is 0.316. The molecule has 2 aromatic rings. The Bertz CT molecular complexity index is 684. The molecule has 5 heteroatoms. The molecule has 0 N–H and O–H groups in total. The fourth-order valence-corrected chi connectivity index (χ4v) is 3.83. The quantitative estimate of drug-likeness (QED) is 0.410. The van der Waals surface area contributed by atoms with Crippen LogP contribution in [0.1, 0.15) is 41.3 Å². The van der Waals surface area contributed by atoms with E-state index in [1.165, 1.54) is 0 Å². The van der Waals surface area contributed by atoms with E-state index in [0.717, 1.165) is 41.6 Å². The molecule has 0 aliphatic rings. The summed E-state index contributed by atoms with van der Waals surface area (Å²) in [7, 11) is 0.0672. The molecule has 2 aromatic carbocycles. The Morgan fingerprint density at radius 2 is 1.92 bits per heavy atom. The first-order chi connectivity index (χ1) is 11.0. The van der Waals surface area contributed by atoms with Crippen LogP contribution in [0.3, 0.4) is 0 Å². The Morgan fingerprint density at radius 3 is 2.54 bits per heavy atom. The minimum absolute atomic E-state index is 0. The van der Waals surface area contributed by atoms with Crippen LogP contribution in [0.5, 0.6) is 5.75 Å². The van der Waals surface area contributed by atoms with E-state index >= 15 is 0 Å². The zero-order chi connectivity index (χ0) is 16.8. The molecule has 2 nitrogen and oxygen atoms in total. The number of hydrogen-bond donors (Lipinski definition) is 0. The van der Waals surface area contributed by atoms with Crippen molar-refractivity contribution >= 4 is 49.9 Å². The van der Waals surface area contributed by atoms with Gasteiger partial charge in [-0.2, -0.15) is 0 Å². The Balaban J connectivity index is 0.00000288. The number of benzene rings is 2. The normalized spacial score (nSPS) is 10.7. The maximum atomic E-state index is 12.6. The van der Waals surface area contributed by atoms with Crippen molar-refractivity contribution in [3.8, 4) is 5.75 Å². The van der Waals surface area contributed by atoms with Crippen LogP contribution in [-0.4, -0.2) is 31.0 Å². The molecular weight excluding hydrogens is 334 g/mol. The van der Waals surface area contributed by atoms with Crippen LogP contribution in [-0.2, 0) is 0 Å². The second kappa shape index (κ2) is 10.3. The van der Waals surface area contributed by atoms with Gasteiger partial charge in [-0.15, -0.1) is 0 Å². The van der Waals surface area contributed by atoms with Crippen molar-refractivity contribution in [3.05, 3.63) is 58.1 Å². The van der Waals surface area contributed by atoms with Crippen LogP contribution < -0.4 is 10.0 Å². The Hall–Kier alpha value is -0.773. The van der Waals surface area contributed by atoms with E-state index in [0.29, 0.717) is 10.6 Å². The van der Waals surface area contributed by atoms with Gasteiger partial charge in [0.15, 0.2) is 5.52 Å². The van der Waals surface area contributed by atoms with E-state index < -0.39 is 0 Å². The molecule has 0 radical (unpaired) electrons. The first-order valence-electron chi connectivity index (χ1n) is 7.83. The molecule has 1 unspecified atom stereocenters. The van der Waals surface area contributed by atoms with Crippen LogP contribution in [0, 0.1) is 13.8 Å². The van der Waals surface area contributed by atoms with Gasteiger partial charge in [-0.05, 0) is 63.5 Å². The second-order valence-electron chi connectivity index (χ2n) is 5.56. The number of carbonyl (C=O) groups excluding carboxylic acids is 1.